The van der Waals surface area contributed by atoms with Gasteiger partial charge in [-0.1, -0.05) is 11.3 Å². The third kappa shape index (κ3) is 2.15. The minimum Gasteiger partial charge on any atom is -0.365 e. The van der Waals surface area contributed by atoms with Crippen molar-refractivity contribution in [2.24, 2.45) is 0 Å². The van der Waals surface area contributed by atoms with Crippen LogP contribution in [0.2, 0.25) is 0 Å². The van der Waals surface area contributed by atoms with Crippen molar-refractivity contribution in [2.75, 3.05) is 19.0 Å². The lowest BCUT2D eigenvalue weighted by atomic mass is 10.8. The molecule has 0 spiro atoms. The summed E-state index contributed by atoms with van der Waals surface area (Å²) in [5.41, 5.74) is 0. The van der Waals surface area contributed by atoms with E-state index < -0.39 is 0 Å². The van der Waals surface area contributed by atoms with Gasteiger partial charge in [-0.05, 0) is 28.1 Å². The third-order valence-corrected chi connectivity index (χ3v) is 3.30. The minimum atomic E-state index is 0.664. The molecule has 0 amide bonds. The Labute approximate surface area is 88.9 Å². The fourth-order valence-electron chi connectivity index (χ4n) is 0.656. The van der Waals surface area contributed by atoms with E-state index in [1.54, 1.807) is 24.6 Å². The number of hydrogen-bond donors (Lipinski definition) is 1. The van der Waals surface area contributed by atoms with Crippen molar-refractivity contribution in [1.29, 1.82) is 0 Å². The molecule has 6 heteroatoms. The largest absolute Gasteiger partial charge is 0.365 e. The van der Waals surface area contributed by atoms with Gasteiger partial charge in [-0.25, -0.2) is 4.98 Å². The summed E-state index contributed by atoms with van der Waals surface area (Å²) in [4.78, 5) is 5.98. The molecule has 1 aromatic rings. The summed E-state index contributed by atoms with van der Waals surface area (Å²) in [6.07, 6.45) is 1.76. The molecule has 1 heterocycles. The zero-order chi connectivity index (χ0) is 9.14. The SMILES string of the molecule is CNC(=S)N(C)c1ncc(Br)s1. The Morgan fingerprint density at radius 3 is 2.92 bits per heavy atom. The van der Waals surface area contributed by atoms with Crippen LogP contribution in [0.15, 0.2) is 9.98 Å². The number of aromatic nitrogens is 1. The highest BCUT2D eigenvalue weighted by molar-refractivity contribution is 9.11. The lowest BCUT2D eigenvalue weighted by molar-refractivity contribution is 1.11. The van der Waals surface area contributed by atoms with E-state index in [0.717, 1.165) is 8.92 Å². The van der Waals surface area contributed by atoms with Crippen molar-refractivity contribution in [3.05, 3.63) is 9.98 Å². The van der Waals surface area contributed by atoms with Crippen LogP contribution in [0.5, 0.6) is 0 Å². The van der Waals surface area contributed by atoms with E-state index in [-0.39, 0.29) is 0 Å². The molecule has 0 saturated heterocycles. The molecule has 0 bridgehead atoms. The highest BCUT2D eigenvalue weighted by atomic mass is 79.9. The maximum atomic E-state index is 5.04. The number of nitrogens with zero attached hydrogens (tertiary/aromatic N) is 2. The molecule has 0 saturated carbocycles. The normalized spacial score (nSPS) is 9.58. The van der Waals surface area contributed by atoms with Gasteiger partial charge in [0.1, 0.15) is 0 Å². The average molecular weight is 266 g/mol. The van der Waals surface area contributed by atoms with Gasteiger partial charge in [0.2, 0.25) is 0 Å². The number of halogens is 1. The highest BCUT2D eigenvalue weighted by Gasteiger charge is 2.08. The number of hydrogen-bond acceptors (Lipinski definition) is 3. The quantitative estimate of drug-likeness (QED) is 0.785. The first-order valence-corrected chi connectivity index (χ1v) is 5.23. The molecule has 3 nitrogen and oxygen atoms in total. The average Bonchev–Trinajstić information content (AvgIpc) is 2.49. The van der Waals surface area contributed by atoms with Gasteiger partial charge in [0, 0.05) is 14.1 Å². The van der Waals surface area contributed by atoms with Crippen LogP contribution >= 0.6 is 39.5 Å². The number of nitrogens with one attached hydrogen (secondary N) is 1. The van der Waals surface area contributed by atoms with Gasteiger partial charge in [-0.2, -0.15) is 0 Å². The zero-order valence-electron chi connectivity index (χ0n) is 6.67. The molecule has 0 aliphatic rings. The van der Waals surface area contributed by atoms with E-state index >= 15 is 0 Å². The van der Waals surface area contributed by atoms with Gasteiger partial charge in [0.05, 0.1) is 9.98 Å². The van der Waals surface area contributed by atoms with E-state index in [1.165, 1.54) is 0 Å². The van der Waals surface area contributed by atoms with Gasteiger partial charge in [0.15, 0.2) is 10.2 Å². The van der Waals surface area contributed by atoms with Gasteiger partial charge in [-0.3, -0.25) is 4.90 Å². The molecular formula is C6H8BrN3S2. The first-order valence-electron chi connectivity index (χ1n) is 3.22. The van der Waals surface area contributed by atoms with Crippen LogP contribution in [0.4, 0.5) is 5.13 Å². The molecule has 0 radical (unpaired) electrons. The van der Waals surface area contributed by atoms with Crippen LogP contribution in [-0.2, 0) is 0 Å². The Bertz CT molecular complexity index is 286. The molecule has 1 N–H and O–H groups in total. The highest BCUT2D eigenvalue weighted by Crippen LogP contribution is 2.25. The Kier molecular flexibility index (Phi) is 3.42. The zero-order valence-corrected chi connectivity index (χ0v) is 9.89. The number of thiocarbonyl (C=S) groups is 1. The maximum absolute atomic E-state index is 5.04. The Hall–Kier alpha value is -0.200. The van der Waals surface area contributed by atoms with E-state index in [9.17, 15) is 0 Å². The summed E-state index contributed by atoms with van der Waals surface area (Å²) in [5, 5.41) is 4.42. The first-order chi connectivity index (χ1) is 5.65. The van der Waals surface area contributed by atoms with Crippen LogP contribution in [-0.4, -0.2) is 24.2 Å². The molecule has 0 unspecified atom stereocenters. The Morgan fingerprint density at radius 1 is 1.83 bits per heavy atom. The topological polar surface area (TPSA) is 28.2 Å². The van der Waals surface area contributed by atoms with Crippen molar-refractivity contribution in [3.63, 3.8) is 0 Å². The molecular weight excluding hydrogens is 258 g/mol. The summed E-state index contributed by atoms with van der Waals surface area (Å²) in [6.45, 7) is 0. The fraction of sp³-hybridized carbons (Fsp3) is 0.333. The molecule has 0 aromatic carbocycles. The van der Waals surface area contributed by atoms with Crippen molar-refractivity contribution < 1.29 is 0 Å². The molecule has 1 aromatic heterocycles. The second-order valence-corrected chi connectivity index (χ2v) is 4.84. The second-order valence-electron chi connectivity index (χ2n) is 2.06. The van der Waals surface area contributed by atoms with E-state index in [2.05, 4.69) is 26.2 Å². The summed E-state index contributed by atoms with van der Waals surface area (Å²) in [7, 11) is 3.67. The summed E-state index contributed by atoms with van der Waals surface area (Å²) >= 11 is 9.92. The minimum absolute atomic E-state index is 0.664. The number of anilines is 1. The van der Waals surface area contributed by atoms with Crippen molar-refractivity contribution in [1.82, 2.24) is 10.3 Å². The molecule has 0 aliphatic heterocycles. The molecule has 1 rings (SSSR count). The van der Waals surface area contributed by atoms with Crippen LogP contribution in [0.25, 0.3) is 0 Å². The predicted octanol–water partition coefficient (Wildman–Crippen LogP) is 1.85. The molecule has 0 atom stereocenters. The van der Waals surface area contributed by atoms with E-state index in [0.29, 0.717) is 5.11 Å². The van der Waals surface area contributed by atoms with Gasteiger partial charge in [0.25, 0.3) is 0 Å². The Morgan fingerprint density at radius 2 is 2.50 bits per heavy atom. The molecule has 12 heavy (non-hydrogen) atoms. The monoisotopic (exact) mass is 265 g/mol. The predicted molar refractivity (Wildman–Crippen MR) is 59.9 cm³/mol. The maximum Gasteiger partial charge on any atom is 0.192 e. The van der Waals surface area contributed by atoms with Crippen LogP contribution in [0.1, 0.15) is 0 Å². The summed E-state index contributed by atoms with van der Waals surface area (Å²) in [5.74, 6) is 0. The van der Waals surface area contributed by atoms with E-state index in [4.69, 9.17) is 12.2 Å². The van der Waals surface area contributed by atoms with Crippen molar-refractivity contribution >= 4 is 49.7 Å². The van der Waals surface area contributed by atoms with Crippen LogP contribution in [0, 0.1) is 0 Å². The van der Waals surface area contributed by atoms with Crippen molar-refractivity contribution in [3.8, 4) is 0 Å². The third-order valence-electron chi connectivity index (χ3n) is 1.27. The smallest absolute Gasteiger partial charge is 0.192 e. The first kappa shape index (κ1) is 9.88. The second kappa shape index (κ2) is 4.15. The number of thiazole rings is 1. The van der Waals surface area contributed by atoms with Gasteiger partial charge < -0.3 is 5.32 Å². The lowest BCUT2D eigenvalue weighted by Crippen LogP contribution is -2.34. The van der Waals surface area contributed by atoms with Gasteiger partial charge >= 0.3 is 0 Å². The summed E-state index contributed by atoms with van der Waals surface area (Å²) < 4.78 is 1.00. The lowest BCUT2D eigenvalue weighted by Gasteiger charge is -2.15. The van der Waals surface area contributed by atoms with Crippen LogP contribution < -0.4 is 10.2 Å². The standard InChI is InChI=1S/C6H8BrN3S2/c1-8-5(11)10(2)6-9-3-4(7)12-6/h3H,1-2H3,(H,8,11). The molecule has 66 valence electrons. The number of rotatable bonds is 1. The molecule has 0 aliphatic carbocycles. The summed E-state index contributed by atoms with van der Waals surface area (Å²) in [6, 6.07) is 0. The fourth-order valence-corrected chi connectivity index (χ4v) is 1.95. The van der Waals surface area contributed by atoms with Crippen LogP contribution in [0.3, 0.4) is 0 Å². The van der Waals surface area contributed by atoms with Crippen molar-refractivity contribution in [2.45, 2.75) is 0 Å². The molecule has 0 fully saturated rings. The Balaban J connectivity index is 2.77. The van der Waals surface area contributed by atoms with Gasteiger partial charge in [-0.15, -0.1) is 0 Å². The van der Waals surface area contributed by atoms with E-state index in [1.807, 2.05) is 11.9 Å².